The van der Waals surface area contributed by atoms with E-state index in [0.29, 0.717) is 28.9 Å². The van der Waals surface area contributed by atoms with Gasteiger partial charge in [-0.25, -0.2) is 4.98 Å². The summed E-state index contributed by atoms with van der Waals surface area (Å²) in [6.07, 6.45) is -0.481. The molecule has 2 aromatic heterocycles. The molecule has 1 unspecified atom stereocenters. The maximum Gasteiger partial charge on any atom is 0.321 e. The van der Waals surface area contributed by atoms with Crippen LogP contribution in [0.1, 0.15) is 28.8 Å². The van der Waals surface area contributed by atoms with Crippen molar-refractivity contribution < 1.29 is 19.0 Å². The number of rotatable bonds is 3. The van der Waals surface area contributed by atoms with Crippen LogP contribution in [0.15, 0.2) is 28.7 Å². The maximum absolute atomic E-state index is 9.96. The molecule has 8 heteroatoms. The van der Waals surface area contributed by atoms with Crippen LogP contribution in [0.25, 0.3) is 0 Å². The number of aromatic hydroxyl groups is 1. The predicted molar refractivity (Wildman–Crippen MR) is 93.0 cm³/mol. The average Bonchev–Trinajstić information content (AvgIpc) is 3.12. The summed E-state index contributed by atoms with van der Waals surface area (Å²) in [6.45, 7) is 5.70. The molecule has 3 heterocycles. The standard InChI is InChI=1S/C18H18N4O4/c1-9-10(2)16(19-11(3)15(9)23)20-18-22-21-17(26-18)14-8-24-12-6-4-5-7-13(12)25-14/h4-7,14,23H,8H2,1-3H3,(H,19,20,22). The molecule has 0 saturated carbocycles. The third-order valence-corrected chi connectivity index (χ3v) is 4.35. The number of benzene rings is 1. The molecule has 134 valence electrons. The number of nitrogens with one attached hydrogen (secondary N) is 1. The molecule has 0 spiro atoms. The zero-order valence-corrected chi connectivity index (χ0v) is 14.6. The van der Waals surface area contributed by atoms with Gasteiger partial charge in [-0.2, -0.15) is 0 Å². The Hall–Kier alpha value is -3.29. The van der Waals surface area contributed by atoms with Crippen molar-refractivity contribution >= 4 is 11.8 Å². The van der Waals surface area contributed by atoms with E-state index in [1.165, 1.54) is 0 Å². The van der Waals surface area contributed by atoms with Crippen molar-refractivity contribution in [3.8, 4) is 17.2 Å². The van der Waals surface area contributed by atoms with Gasteiger partial charge < -0.3 is 19.0 Å². The fraction of sp³-hybridized carbons (Fsp3) is 0.278. The largest absolute Gasteiger partial charge is 0.506 e. The molecular weight excluding hydrogens is 336 g/mol. The maximum atomic E-state index is 9.96. The third kappa shape index (κ3) is 2.79. The van der Waals surface area contributed by atoms with E-state index in [-0.39, 0.29) is 18.4 Å². The van der Waals surface area contributed by atoms with E-state index in [9.17, 15) is 5.11 Å². The van der Waals surface area contributed by atoms with Gasteiger partial charge in [-0.1, -0.05) is 17.2 Å². The van der Waals surface area contributed by atoms with Crippen LogP contribution in [0.5, 0.6) is 17.2 Å². The highest BCUT2D eigenvalue weighted by Gasteiger charge is 2.27. The van der Waals surface area contributed by atoms with Crippen molar-refractivity contribution in [2.75, 3.05) is 11.9 Å². The number of anilines is 2. The molecule has 0 radical (unpaired) electrons. The van der Waals surface area contributed by atoms with Gasteiger partial charge in [0.25, 0.3) is 5.89 Å². The van der Waals surface area contributed by atoms with E-state index in [4.69, 9.17) is 13.9 Å². The summed E-state index contributed by atoms with van der Waals surface area (Å²) >= 11 is 0. The van der Waals surface area contributed by atoms with Crippen LogP contribution in [-0.2, 0) is 0 Å². The van der Waals surface area contributed by atoms with Gasteiger partial charge >= 0.3 is 6.01 Å². The summed E-state index contributed by atoms with van der Waals surface area (Å²) in [7, 11) is 0. The van der Waals surface area contributed by atoms with Crippen LogP contribution in [-0.4, -0.2) is 26.9 Å². The second-order valence-corrected chi connectivity index (χ2v) is 6.08. The fourth-order valence-electron chi connectivity index (χ4n) is 2.71. The highest BCUT2D eigenvalue weighted by Crippen LogP contribution is 2.36. The molecule has 4 rings (SSSR count). The number of para-hydroxylation sites is 2. The number of ether oxygens (including phenoxy) is 2. The van der Waals surface area contributed by atoms with Gasteiger partial charge in [-0.15, -0.1) is 5.10 Å². The first-order valence-electron chi connectivity index (χ1n) is 8.18. The Bertz CT molecular complexity index is 970. The van der Waals surface area contributed by atoms with Gasteiger partial charge in [-0.3, -0.25) is 5.32 Å². The predicted octanol–water partition coefficient (Wildman–Crippen LogP) is 3.35. The molecule has 0 fully saturated rings. The second kappa shape index (κ2) is 6.21. The quantitative estimate of drug-likeness (QED) is 0.738. The lowest BCUT2D eigenvalue weighted by atomic mass is 10.1. The molecule has 8 nitrogen and oxygen atoms in total. The molecule has 0 amide bonds. The first-order valence-corrected chi connectivity index (χ1v) is 8.18. The van der Waals surface area contributed by atoms with E-state index in [0.717, 1.165) is 11.1 Å². The summed E-state index contributed by atoms with van der Waals surface area (Å²) in [5.41, 5.74) is 2.08. The number of nitrogens with zero attached hydrogens (tertiary/aromatic N) is 3. The lowest BCUT2D eigenvalue weighted by molar-refractivity contribution is 0.0717. The van der Waals surface area contributed by atoms with Crippen LogP contribution < -0.4 is 14.8 Å². The summed E-state index contributed by atoms with van der Waals surface area (Å²) < 4.78 is 17.2. The normalized spacial score (nSPS) is 15.7. The van der Waals surface area contributed by atoms with Gasteiger partial charge in [0, 0.05) is 0 Å². The van der Waals surface area contributed by atoms with Gasteiger partial charge in [-0.05, 0) is 44.0 Å². The first kappa shape index (κ1) is 16.2. The van der Waals surface area contributed by atoms with E-state index < -0.39 is 6.10 Å². The Labute approximate surface area is 149 Å². The van der Waals surface area contributed by atoms with Crippen molar-refractivity contribution in [2.45, 2.75) is 26.9 Å². The lowest BCUT2D eigenvalue weighted by Crippen LogP contribution is -2.21. The number of hydrogen-bond acceptors (Lipinski definition) is 8. The summed E-state index contributed by atoms with van der Waals surface area (Å²) in [5.74, 6) is 2.38. The minimum Gasteiger partial charge on any atom is -0.506 e. The number of pyridine rings is 1. The highest BCUT2D eigenvalue weighted by molar-refractivity contribution is 5.58. The Morgan fingerprint density at radius 2 is 1.85 bits per heavy atom. The Balaban J connectivity index is 1.55. The minimum atomic E-state index is -0.481. The van der Waals surface area contributed by atoms with Crippen molar-refractivity contribution in [1.82, 2.24) is 15.2 Å². The molecule has 1 aliphatic heterocycles. The van der Waals surface area contributed by atoms with Crippen molar-refractivity contribution in [2.24, 2.45) is 0 Å². The number of hydrogen-bond donors (Lipinski definition) is 2. The third-order valence-electron chi connectivity index (χ3n) is 4.35. The van der Waals surface area contributed by atoms with Crippen molar-refractivity contribution in [3.63, 3.8) is 0 Å². The minimum absolute atomic E-state index is 0.186. The van der Waals surface area contributed by atoms with Crippen LogP contribution in [0, 0.1) is 20.8 Å². The lowest BCUT2D eigenvalue weighted by Gasteiger charge is -2.23. The summed E-state index contributed by atoms with van der Waals surface area (Å²) in [4.78, 5) is 4.34. The smallest absolute Gasteiger partial charge is 0.321 e. The van der Waals surface area contributed by atoms with E-state index in [2.05, 4.69) is 20.5 Å². The van der Waals surface area contributed by atoms with E-state index in [1.807, 2.05) is 38.1 Å². The number of aryl methyl sites for hydroxylation is 1. The average molecular weight is 354 g/mol. The van der Waals surface area contributed by atoms with Crippen molar-refractivity contribution in [3.05, 3.63) is 47.0 Å². The van der Waals surface area contributed by atoms with E-state index >= 15 is 0 Å². The molecule has 26 heavy (non-hydrogen) atoms. The first-order chi connectivity index (χ1) is 12.5. The van der Waals surface area contributed by atoms with Gasteiger partial charge in [0.1, 0.15) is 18.2 Å². The van der Waals surface area contributed by atoms with Gasteiger partial charge in [0.05, 0.1) is 5.69 Å². The molecule has 1 atom stereocenters. The topological polar surface area (TPSA) is 103 Å². The molecule has 1 aromatic carbocycles. The Kier molecular flexibility index (Phi) is 3.87. The number of fused-ring (bicyclic) bond motifs is 1. The van der Waals surface area contributed by atoms with Crippen molar-refractivity contribution in [1.29, 1.82) is 0 Å². The monoisotopic (exact) mass is 354 g/mol. The Morgan fingerprint density at radius 1 is 1.08 bits per heavy atom. The molecule has 0 saturated heterocycles. The fourth-order valence-corrected chi connectivity index (χ4v) is 2.71. The van der Waals surface area contributed by atoms with Gasteiger partial charge in [0.15, 0.2) is 11.5 Å². The summed E-state index contributed by atoms with van der Waals surface area (Å²) in [6, 6.07) is 7.62. The van der Waals surface area contributed by atoms with Crippen LogP contribution in [0.2, 0.25) is 0 Å². The molecule has 3 aromatic rings. The SMILES string of the molecule is Cc1nc(Nc2nnc(C3COc4ccccc4O3)o2)c(C)c(C)c1O. The van der Waals surface area contributed by atoms with Crippen LogP contribution >= 0.6 is 0 Å². The molecule has 0 aliphatic carbocycles. The summed E-state index contributed by atoms with van der Waals surface area (Å²) in [5, 5.41) is 21.0. The molecule has 1 aliphatic rings. The van der Waals surface area contributed by atoms with Gasteiger partial charge in [0.2, 0.25) is 6.10 Å². The van der Waals surface area contributed by atoms with Crippen LogP contribution in [0.3, 0.4) is 0 Å². The second-order valence-electron chi connectivity index (χ2n) is 6.08. The molecule has 2 N–H and O–H groups in total. The molecular formula is C18H18N4O4. The zero-order valence-electron chi connectivity index (χ0n) is 14.6. The zero-order chi connectivity index (χ0) is 18.3. The molecule has 0 bridgehead atoms. The number of aromatic nitrogens is 3. The highest BCUT2D eigenvalue weighted by atomic mass is 16.6. The Morgan fingerprint density at radius 3 is 2.65 bits per heavy atom. The van der Waals surface area contributed by atoms with Crippen LogP contribution in [0.4, 0.5) is 11.8 Å². The van der Waals surface area contributed by atoms with E-state index in [1.54, 1.807) is 6.92 Å².